The summed E-state index contributed by atoms with van der Waals surface area (Å²) in [5.41, 5.74) is -2.17. The van der Waals surface area contributed by atoms with E-state index in [-0.39, 0.29) is 0 Å². The van der Waals surface area contributed by atoms with Gasteiger partial charge in [-0.25, -0.2) is 17.6 Å². The van der Waals surface area contributed by atoms with Crippen LogP contribution in [0.5, 0.6) is 0 Å². The van der Waals surface area contributed by atoms with Gasteiger partial charge >= 0.3 is 11.8 Å². The van der Waals surface area contributed by atoms with Crippen LogP contribution in [0.25, 0.3) is 0 Å². The summed E-state index contributed by atoms with van der Waals surface area (Å²) in [6.45, 7) is 0. The van der Waals surface area contributed by atoms with Crippen molar-refractivity contribution in [1.82, 2.24) is 0 Å². The van der Waals surface area contributed by atoms with E-state index in [4.69, 9.17) is 0 Å². The quantitative estimate of drug-likeness (QED) is 0.614. The normalized spacial score (nSPS) is 15.0. The minimum absolute atomic E-state index is 0.511. The van der Waals surface area contributed by atoms with Gasteiger partial charge in [-0.2, -0.15) is 17.6 Å². The Morgan fingerprint density at radius 3 is 1.16 bits per heavy atom. The zero-order valence-electron chi connectivity index (χ0n) is 12.2. The standard InChI is InChI=1S/C16H10F8O/c17-11-5-1-9(2-6-11)15(21,22)13(19)25-14(20)16(23,24)10-3-7-12(18)8-4-10/h1-8,13-14H/t13-,14+. The molecule has 136 valence electrons. The molecule has 2 rings (SSSR count). The molecule has 0 fully saturated rings. The van der Waals surface area contributed by atoms with E-state index in [2.05, 4.69) is 4.74 Å². The van der Waals surface area contributed by atoms with Crippen LogP contribution in [0.4, 0.5) is 35.1 Å². The van der Waals surface area contributed by atoms with Crippen molar-refractivity contribution in [2.45, 2.75) is 24.6 Å². The van der Waals surface area contributed by atoms with Gasteiger partial charge < -0.3 is 4.74 Å². The summed E-state index contributed by atoms with van der Waals surface area (Å²) in [7, 11) is 0. The van der Waals surface area contributed by atoms with Gasteiger partial charge in [-0.3, -0.25) is 0 Å². The van der Waals surface area contributed by atoms with Gasteiger partial charge in [-0.15, -0.1) is 0 Å². The average Bonchev–Trinajstić information content (AvgIpc) is 2.55. The van der Waals surface area contributed by atoms with E-state index in [1.54, 1.807) is 0 Å². The van der Waals surface area contributed by atoms with Crippen molar-refractivity contribution in [1.29, 1.82) is 0 Å². The van der Waals surface area contributed by atoms with Crippen LogP contribution < -0.4 is 0 Å². The third-order valence-corrected chi connectivity index (χ3v) is 3.27. The zero-order chi connectivity index (χ0) is 18.8. The number of alkyl halides is 6. The monoisotopic (exact) mass is 370 g/mol. The second kappa shape index (κ2) is 6.99. The highest BCUT2D eigenvalue weighted by Gasteiger charge is 2.50. The second-order valence-electron chi connectivity index (χ2n) is 5.03. The van der Waals surface area contributed by atoms with Gasteiger partial charge in [0.2, 0.25) is 0 Å². The Kier molecular flexibility index (Phi) is 5.36. The van der Waals surface area contributed by atoms with Gasteiger partial charge in [0.25, 0.3) is 12.7 Å². The molecule has 25 heavy (non-hydrogen) atoms. The van der Waals surface area contributed by atoms with Gasteiger partial charge in [0.15, 0.2) is 0 Å². The van der Waals surface area contributed by atoms with E-state index >= 15 is 0 Å². The summed E-state index contributed by atoms with van der Waals surface area (Å²) >= 11 is 0. The first-order valence-corrected chi connectivity index (χ1v) is 6.76. The number of benzene rings is 2. The highest BCUT2D eigenvalue weighted by atomic mass is 19.3. The van der Waals surface area contributed by atoms with Gasteiger partial charge in [0, 0.05) is 11.1 Å². The largest absolute Gasteiger partial charge is 0.327 e. The van der Waals surface area contributed by atoms with E-state index in [1.165, 1.54) is 0 Å². The van der Waals surface area contributed by atoms with Crippen molar-refractivity contribution < 1.29 is 39.9 Å². The maximum Gasteiger partial charge on any atom is 0.327 e. The minimum atomic E-state index is -4.50. The molecule has 0 amide bonds. The fraction of sp³-hybridized carbons (Fsp3) is 0.250. The highest BCUT2D eigenvalue weighted by Crippen LogP contribution is 2.40. The maximum absolute atomic E-state index is 13.8. The Labute approximate surface area is 136 Å². The molecule has 2 aromatic rings. The Balaban J connectivity index is 2.16. The molecule has 2 atom stereocenters. The minimum Gasteiger partial charge on any atom is -0.303 e. The predicted molar refractivity (Wildman–Crippen MR) is 71.5 cm³/mol. The van der Waals surface area contributed by atoms with Gasteiger partial charge in [-0.1, -0.05) is 0 Å². The lowest BCUT2D eigenvalue weighted by Gasteiger charge is -2.26. The molecule has 0 aliphatic rings. The maximum atomic E-state index is 13.8. The topological polar surface area (TPSA) is 9.23 Å². The Morgan fingerprint density at radius 2 is 0.880 bits per heavy atom. The molecule has 0 aliphatic heterocycles. The zero-order valence-corrected chi connectivity index (χ0v) is 12.2. The molecule has 0 spiro atoms. The first-order valence-electron chi connectivity index (χ1n) is 6.76. The molecular weight excluding hydrogens is 360 g/mol. The summed E-state index contributed by atoms with van der Waals surface area (Å²) in [5.74, 6) is -10.8. The number of rotatable bonds is 6. The Morgan fingerprint density at radius 1 is 0.600 bits per heavy atom. The SMILES string of the molecule is Fc1ccc(C(F)(F)[C@H](F)O[C@H](F)C(F)(F)c2ccc(F)cc2)cc1. The van der Waals surface area contributed by atoms with Crippen molar-refractivity contribution in [3.05, 3.63) is 71.3 Å². The summed E-state index contributed by atoms with van der Waals surface area (Å²) < 4.78 is 111. The van der Waals surface area contributed by atoms with Crippen molar-refractivity contribution in [3.8, 4) is 0 Å². The van der Waals surface area contributed by atoms with Crippen LogP contribution in [0.15, 0.2) is 48.5 Å². The Hall–Kier alpha value is -2.16. The van der Waals surface area contributed by atoms with E-state index in [0.717, 1.165) is 0 Å². The summed E-state index contributed by atoms with van der Waals surface area (Å²) in [6.07, 6.45) is -7.53. The van der Waals surface area contributed by atoms with Crippen LogP contribution in [-0.2, 0) is 16.6 Å². The molecule has 0 bridgehead atoms. The van der Waals surface area contributed by atoms with Crippen molar-refractivity contribution in [2.24, 2.45) is 0 Å². The predicted octanol–water partition coefficient (Wildman–Crippen LogP) is 5.46. The molecule has 0 saturated heterocycles. The van der Waals surface area contributed by atoms with Crippen molar-refractivity contribution >= 4 is 0 Å². The van der Waals surface area contributed by atoms with E-state index < -0.39 is 47.3 Å². The lowest BCUT2D eigenvalue weighted by atomic mass is 10.1. The fourth-order valence-electron chi connectivity index (χ4n) is 1.88. The van der Waals surface area contributed by atoms with Crippen LogP contribution in [-0.4, -0.2) is 12.7 Å². The van der Waals surface area contributed by atoms with E-state index in [0.29, 0.717) is 48.5 Å². The molecule has 0 heterocycles. The molecule has 0 aromatic heterocycles. The van der Waals surface area contributed by atoms with Crippen molar-refractivity contribution in [3.63, 3.8) is 0 Å². The number of hydrogen-bond acceptors (Lipinski definition) is 1. The van der Waals surface area contributed by atoms with Crippen LogP contribution in [0.1, 0.15) is 11.1 Å². The molecule has 2 aromatic carbocycles. The molecule has 0 N–H and O–H groups in total. The summed E-state index contributed by atoms with van der Waals surface area (Å²) in [5, 5.41) is 0. The van der Waals surface area contributed by atoms with Gasteiger partial charge in [0.05, 0.1) is 0 Å². The first kappa shape index (κ1) is 19.2. The lowest BCUT2D eigenvalue weighted by Crippen LogP contribution is -2.38. The molecule has 1 nitrogen and oxygen atoms in total. The molecule has 9 heteroatoms. The third kappa shape index (κ3) is 4.09. The Bertz CT molecular complexity index is 638. The molecule has 0 unspecified atom stereocenters. The first-order chi connectivity index (χ1) is 11.5. The average molecular weight is 370 g/mol. The van der Waals surface area contributed by atoms with E-state index in [9.17, 15) is 35.1 Å². The van der Waals surface area contributed by atoms with Gasteiger partial charge in [-0.05, 0) is 48.5 Å². The number of hydrogen-bond donors (Lipinski definition) is 0. The summed E-state index contributed by atoms with van der Waals surface area (Å²) in [6, 6.07) is 4.42. The van der Waals surface area contributed by atoms with Gasteiger partial charge in [0.1, 0.15) is 11.6 Å². The highest BCUT2D eigenvalue weighted by molar-refractivity contribution is 5.23. The van der Waals surface area contributed by atoms with Crippen LogP contribution in [0, 0.1) is 11.6 Å². The van der Waals surface area contributed by atoms with Crippen LogP contribution in [0.3, 0.4) is 0 Å². The fourth-order valence-corrected chi connectivity index (χ4v) is 1.88. The van der Waals surface area contributed by atoms with Crippen LogP contribution >= 0.6 is 0 Å². The summed E-state index contributed by atoms with van der Waals surface area (Å²) in [4.78, 5) is 0. The third-order valence-electron chi connectivity index (χ3n) is 3.27. The molecule has 0 saturated carbocycles. The smallest absolute Gasteiger partial charge is 0.303 e. The number of ether oxygens (including phenoxy) is 1. The molecule has 0 radical (unpaired) electrons. The number of halogens is 8. The van der Waals surface area contributed by atoms with E-state index in [1.807, 2.05) is 0 Å². The van der Waals surface area contributed by atoms with Crippen LogP contribution in [0.2, 0.25) is 0 Å². The molecule has 0 aliphatic carbocycles. The second-order valence-corrected chi connectivity index (χ2v) is 5.03. The van der Waals surface area contributed by atoms with Crippen molar-refractivity contribution in [2.75, 3.05) is 0 Å². The lowest BCUT2D eigenvalue weighted by molar-refractivity contribution is -0.295. The molecular formula is C16H10F8O.